The minimum Gasteiger partial charge on any atom is -0.503 e. The normalized spacial score (nSPS) is 16.2. The van der Waals surface area contributed by atoms with Gasteiger partial charge in [0, 0.05) is 23.2 Å². The minimum atomic E-state index is -0.771. The number of aliphatic hydroxyl groups is 1. The third-order valence-corrected chi connectivity index (χ3v) is 5.80. The molecule has 1 N–H and O–H groups in total. The van der Waals surface area contributed by atoms with E-state index >= 15 is 0 Å². The monoisotopic (exact) mass is 460 g/mol. The van der Waals surface area contributed by atoms with Crippen LogP contribution in [0.2, 0.25) is 0 Å². The second-order valence-corrected chi connectivity index (χ2v) is 8.85. The van der Waals surface area contributed by atoms with Gasteiger partial charge in [-0.1, -0.05) is 55.4 Å². The number of aromatic nitrogens is 1. The Bertz CT molecular complexity index is 1210. The molecule has 3 aromatic rings. The van der Waals surface area contributed by atoms with Gasteiger partial charge >= 0.3 is 0 Å². The summed E-state index contributed by atoms with van der Waals surface area (Å²) in [5.74, 6) is -1.77. The van der Waals surface area contributed by atoms with Crippen molar-refractivity contribution in [3.05, 3.63) is 83.3 Å². The molecule has 0 saturated heterocycles. The summed E-state index contributed by atoms with van der Waals surface area (Å²) in [6, 6.07) is 15.7. The first-order valence-corrected chi connectivity index (χ1v) is 11.3. The number of Topliss-reactive ketones (excluding diaryl/α,β-unsaturated/α-hetero) is 1. The lowest BCUT2D eigenvalue weighted by Crippen LogP contribution is -2.32. The Morgan fingerprint density at radius 1 is 1.09 bits per heavy atom. The van der Waals surface area contributed by atoms with Crippen molar-refractivity contribution >= 4 is 17.4 Å². The molecule has 0 saturated carbocycles. The molecule has 0 spiro atoms. The Labute approximate surface area is 198 Å². The summed E-state index contributed by atoms with van der Waals surface area (Å²) in [6.07, 6.45) is 1.50. The molecule has 0 radical (unpaired) electrons. The minimum absolute atomic E-state index is 0.0131. The Morgan fingerprint density at radius 2 is 1.79 bits per heavy atom. The van der Waals surface area contributed by atoms with Crippen molar-refractivity contribution in [3.63, 3.8) is 0 Å². The highest BCUT2D eigenvalue weighted by atomic mass is 16.5. The molecule has 1 amide bonds. The lowest BCUT2D eigenvalue weighted by atomic mass is 9.89. The molecule has 1 aliphatic heterocycles. The van der Waals surface area contributed by atoms with Gasteiger partial charge in [-0.3, -0.25) is 14.5 Å². The van der Waals surface area contributed by atoms with Crippen molar-refractivity contribution in [2.24, 2.45) is 5.92 Å². The van der Waals surface area contributed by atoms with Gasteiger partial charge in [0.2, 0.25) is 0 Å². The number of ether oxygens (including phenoxy) is 1. The van der Waals surface area contributed by atoms with Gasteiger partial charge in [-0.2, -0.15) is 0 Å². The van der Waals surface area contributed by atoms with Gasteiger partial charge in [-0.05, 0) is 37.1 Å². The Kier molecular flexibility index (Phi) is 6.65. The number of hydrogen-bond acceptors (Lipinski definition) is 6. The van der Waals surface area contributed by atoms with Gasteiger partial charge in [0.25, 0.3) is 5.91 Å². The highest BCUT2D eigenvalue weighted by Crippen LogP contribution is 2.43. The van der Waals surface area contributed by atoms with Crippen molar-refractivity contribution < 1.29 is 24.0 Å². The van der Waals surface area contributed by atoms with Crippen molar-refractivity contribution in [2.45, 2.75) is 46.4 Å². The first-order valence-electron chi connectivity index (χ1n) is 11.3. The third kappa shape index (κ3) is 4.39. The molecule has 0 fully saturated rings. The van der Waals surface area contributed by atoms with Gasteiger partial charge in [-0.25, -0.2) is 0 Å². The number of hydrogen-bond donors (Lipinski definition) is 1. The zero-order valence-corrected chi connectivity index (χ0v) is 19.7. The molecular formula is C27H28N2O5. The van der Waals surface area contributed by atoms with Crippen LogP contribution in [-0.4, -0.2) is 28.1 Å². The topological polar surface area (TPSA) is 92.9 Å². The second-order valence-electron chi connectivity index (χ2n) is 8.85. The number of amides is 1. The molecule has 0 aliphatic carbocycles. The molecule has 176 valence electrons. The van der Waals surface area contributed by atoms with Crippen LogP contribution in [0.4, 0.5) is 5.69 Å². The molecule has 34 heavy (non-hydrogen) atoms. The van der Waals surface area contributed by atoms with Crippen LogP contribution in [0.3, 0.4) is 0 Å². The van der Waals surface area contributed by atoms with Crippen molar-refractivity contribution in [2.75, 3.05) is 4.90 Å². The van der Waals surface area contributed by atoms with E-state index in [-0.39, 0.29) is 23.4 Å². The first kappa shape index (κ1) is 23.4. The summed E-state index contributed by atoms with van der Waals surface area (Å²) in [7, 11) is 0. The zero-order chi connectivity index (χ0) is 24.4. The Balaban J connectivity index is 1.82. The quantitative estimate of drug-likeness (QED) is 0.484. The van der Waals surface area contributed by atoms with Gasteiger partial charge in [0.15, 0.2) is 11.5 Å². The molecule has 1 aromatic heterocycles. The van der Waals surface area contributed by atoms with E-state index in [9.17, 15) is 14.7 Å². The summed E-state index contributed by atoms with van der Waals surface area (Å²) in [5, 5.41) is 14.8. The fraction of sp³-hybridized carbons (Fsp3) is 0.296. The molecule has 1 atom stereocenters. The number of carbonyl (C=O) groups excluding carboxylic acids is 2. The van der Waals surface area contributed by atoms with Gasteiger partial charge in [-0.15, -0.1) is 0 Å². The molecule has 0 bridgehead atoms. The average Bonchev–Trinajstić information content (AvgIpc) is 3.45. The SMILES string of the molecule is CC(C)OCc1ccccc1C1C(C(=O)C(C)C)=C(O)C(=O)N1c1ccc(-c2ccon2)cc1. The largest absolute Gasteiger partial charge is 0.503 e. The summed E-state index contributed by atoms with van der Waals surface area (Å²) >= 11 is 0. The first-order chi connectivity index (χ1) is 16.3. The van der Waals surface area contributed by atoms with E-state index < -0.39 is 17.7 Å². The molecule has 7 nitrogen and oxygen atoms in total. The number of rotatable bonds is 8. The van der Waals surface area contributed by atoms with E-state index in [0.717, 1.165) is 16.7 Å². The van der Waals surface area contributed by atoms with E-state index in [0.29, 0.717) is 18.0 Å². The zero-order valence-electron chi connectivity index (χ0n) is 19.7. The number of aliphatic hydroxyl groups excluding tert-OH is 1. The standard InChI is InChI=1S/C27H28N2O5/c1-16(2)25(30)23-24(21-8-6-5-7-19(21)15-33-17(3)4)29(27(32)26(23)31)20-11-9-18(10-12-20)22-13-14-34-28-22/h5-14,16-17,24,31H,15H2,1-4H3. The highest BCUT2D eigenvalue weighted by Gasteiger charge is 2.45. The van der Waals surface area contributed by atoms with Crippen LogP contribution in [0.25, 0.3) is 11.3 Å². The number of anilines is 1. The van der Waals surface area contributed by atoms with Gasteiger partial charge < -0.3 is 14.4 Å². The number of benzene rings is 2. The molecule has 2 heterocycles. The predicted molar refractivity (Wildman–Crippen MR) is 128 cm³/mol. The van der Waals surface area contributed by atoms with Crippen LogP contribution in [0, 0.1) is 5.92 Å². The fourth-order valence-corrected chi connectivity index (χ4v) is 4.07. The molecule has 7 heteroatoms. The number of ketones is 1. The maximum atomic E-state index is 13.3. The van der Waals surface area contributed by atoms with Crippen LogP contribution in [0.1, 0.15) is 44.9 Å². The fourth-order valence-electron chi connectivity index (χ4n) is 4.07. The summed E-state index contributed by atoms with van der Waals surface area (Å²) < 4.78 is 10.8. The summed E-state index contributed by atoms with van der Waals surface area (Å²) in [4.78, 5) is 28.0. The van der Waals surface area contributed by atoms with E-state index in [1.165, 1.54) is 11.2 Å². The van der Waals surface area contributed by atoms with Crippen LogP contribution in [-0.2, 0) is 20.9 Å². The maximum absolute atomic E-state index is 13.3. The van der Waals surface area contributed by atoms with Crippen molar-refractivity contribution in [3.8, 4) is 11.3 Å². The number of carbonyl (C=O) groups is 2. The Morgan fingerprint density at radius 3 is 2.41 bits per heavy atom. The van der Waals surface area contributed by atoms with E-state index in [2.05, 4.69) is 5.16 Å². The summed E-state index contributed by atoms with van der Waals surface area (Å²) in [5.41, 5.74) is 3.75. The molecule has 1 aliphatic rings. The lowest BCUT2D eigenvalue weighted by Gasteiger charge is -2.29. The van der Waals surface area contributed by atoms with E-state index in [1.807, 2.05) is 50.2 Å². The smallest absolute Gasteiger partial charge is 0.294 e. The molecule has 1 unspecified atom stereocenters. The third-order valence-electron chi connectivity index (χ3n) is 5.80. The van der Waals surface area contributed by atoms with E-state index in [4.69, 9.17) is 9.26 Å². The van der Waals surface area contributed by atoms with Crippen molar-refractivity contribution in [1.29, 1.82) is 0 Å². The maximum Gasteiger partial charge on any atom is 0.294 e. The van der Waals surface area contributed by atoms with Crippen LogP contribution in [0.5, 0.6) is 0 Å². The summed E-state index contributed by atoms with van der Waals surface area (Å²) in [6.45, 7) is 7.73. The van der Waals surface area contributed by atoms with Crippen LogP contribution < -0.4 is 4.90 Å². The predicted octanol–water partition coefficient (Wildman–Crippen LogP) is 5.39. The molecule has 2 aromatic carbocycles. The van der Waals surface area contributed by atoms with E-state index in [1.54, 1.807) is 32.0 Å². The molecule has 4 rings (SSSR count). The highest BCUT2D eigenvalue weighted by molar-refractivity contribution is 6.17. The van der Waals surface area contributed by atoms with Crippen LogP contribution >= 0.6 is 0 Å². The Hall–Kier alpha value is -3.71. The van der Waals surface area contributed by atoms with Crippen LogP contribution in [0.15, 0.2) is 76.7 Å². The van der Waals surface area contributed by atoms with Gasteiger partial charge in [0.1, 0.15) is 12.0 Å². The second kappa shape index (κ2) is 9.65. The lowest BCUT2D eigenvalue weighted by molar-refractivity contribution is -0.119. The molecular weight excluding hydrogens is 432 g/mol. The number of nitrogens with zero attached hydrogens (tertiary/aromatic N) is 2. The average molecular weight is 461 g/mol. The van der Waals surface area contributed by atoms with Gasteiger partial charge in [0.05, 0.1) is 24.3 Å². The van der Waals surface area contributed by atoms with Crippen molar-refractivity contribution in [1.82, 2.24) is 5.16 Å².